The largest absolute Gasteiger partial charge is 0.493 e. The number of halogens is 1. The molecular weight excluding hydrogens is 362 g/mol. The van der Waals surface area contributed by atoms with Gasteiger partial charge >= 0.3 is 0 Å². The Bertz CT molecular complexity index is 1020. The van der Waals surface area contributed by atoms with Crippen molar-refractivity contribution in [1.29, 1.82) is 0 Å². The minimum Gasteiger partial charge on any atom is -0.493 e. The number of methoxy groups -OCH3 is 2. The third-order valence-electron chi connectivity index (χ3n) is 6.41. The van der Waals surface area contributed by atoms with E-state index in [0.717, 1.165) is 51.6 Å². The number of benzene rings is 2. The number of pyridine rings is 1. The van der Waals surface area contributed by atoms with Gasteiger partial charge in [-0.1, -0.05) is 12.5 Å². The summed E-state index contributed by atoms with van der Waals surface area (Å²) in [6, 6.07) is 8.16. The minimum absolute atomic E-state index is 0. The molecule has 5 rings (SSSR count). The molecule has 0 saturated heterocycles. The van der Waals surface area contributed by atoms with Gasteiger partial charge in [0.2, 0.25) is 0 Å². The Morgan fingerprint density at radius 3 is 2.52 bits per heavy atom. The van der Waals surface area contributed by atoms with Crippen LogP contribution >= 0.6 is 12.4 Å². The fourth-order valence-electron chi connectivity index (χ4n) is 5.23. The predicted molar refractivity (Wildman–Crippen MR) is 109 cm³/mol. The molecule has 1 saturated carbocycles. The minimum atomic E-state index is -0.429. The highest BCUT2D eigenvalue weighted by atomic mass is 35.5. The van der Waals surface area contributed by atoms with Gasteiger partial charge in [-0.25, -0.2) is 0 Å². The lowest BCUT2D eigenvalue weighted by molar-refractivity contribution is 0.0758. The van der Waals surface area contributed by atoms with Crippen LogP contribution in [-0.2, 0) is 6.42 Å². The van der Waals surface area contributed by atoms with Gasteiger partial charge in [-0.05, 0) is 65.6 Å². The van der Waals surface area contributed by atoms with Gasteiger partial charge in [0.05, 0.1) is 25.8 Å². The highest BCUT2D eigenvalue weighted by Crippen LogP contribution is 2.51. The van der Waals surface area contributed by atoms with Crippen molar-refractivity contribution in [2.24, 2.45) is 11.8 Å². The van der Waals surface area contributed by atoms with E-state index in [9.17, 15) is 5.11 Å². The highest BCUT2D eigenvalue weighted by molar-refractivity contribution is 6.10. The molecule has 5 heteroatoms. The third-order valence-corrected chi connectivity index (χ3v) is 6.41. The van der Waals surface area contributed by atoms with Crippen molar-refractivity contribution in [3.63, 3.8) is 0 Å². The molecule has 2 aliphatic carbocycles. The van der Waals surface area contributed by atoms with E-state index in [-0.39, 0.29) is 12.4 Å². The summed E-state index contributed by atoms with van der Waals surface area (Å²) in [4.78, 5) is 4.68. The lowest BCUT2D eigenvalue weighted by Crippen LogP contribution is -2.26. The van der Waals surface area contributed by atoms with Gasteiger partial charge < -0.3 is 14.6 Å². The maximum Gasteiger partial charge on any atom is 0.161 e. The van der Waals surface area contributed by atoms with Crippen molar-refractivity contribution in [1.82, 2.24) is 4.98 Å². The van der Waals surface area contributed by atoms with Crippen molar-refractivity contribution in [2.45, 2.75) is 31.8 Å². The van der Waals surface area contributed by atoms with Crippen LogP contribution in [0.15, 0.2) is 30.5 Å². The van der Waals surface area contributed by atoms with Crippen LogP contribution in [-0.4, -0.2) is 24.3 Å². The van der Waals surface area contributed by atoms with E-state index in [0.29, 0.717) is 11.8 Å². The number of aliphatic hydroxyl groups is 1. The highest BCUT2D eigenvalue weighted by Gasteiger charge is 2.40. The summed E-state index contributed by atoms with van der Waals surface area (Å²) in [6.45, 7) is 0. The topological polar surface area (TPSA) is 51.6 Å². The Kier molecular flexibility index (Phi) is 4.65. The quantitative estimate of drug-likeness (QED) is 0.642. The zero-order valence-electron chi connectivity index (χ0n) is 15.6. The third kappa shape index (κ3) is 2.58. The van der Waals surface area contributed by atoms with Crippen LogP contribution in [0.25, 0.3) is 21.7 Å². The zero-order chi connectivity index (χ0) is 17.8. The number of hydrogen-bond acceptors (Lipinski definition) is 4. The van der Waals surface area contributed by atoms with E-state index in [2.05, 4.69) is 17.1 Å². The first-order valence-electron chi connectivity index (χ1n) is 9.36. The maximum absolute atomic E-state index is 11.2. The fourth-order valence-corrected chi connectivity index (χ4v) is 5.23. The molecule has 142 valence electrons. The second kappa shape index (κ2) is 6.84. The molecule has 1 fully saturated rings. The van der Waals surface area contributed by atoms with Gasteiger partial charge in [0, 0.05) is 17.1 Å². The number of ether oxygens (including phenoxy) is 2. The average molecular weight is 386 g/mol. The van der Waals surface area contributed by atoms with Crippen LogP contribution in [0.3, 0.4) is 0 Å². The van der Waals surface area contributed by atoms with Gasteiger partial charge in [-0.3, -0.25) is 4.98 Å². The molecular formula is C22H24ClNO3. The molecule has 2 aromatic carbocycles. The summed E-state index contributed by atoms with van der Waals surface area (Å²) in [5, 5.41) is 14.6. The van der Waals surface area contributed by atoms with Crippen LogP contribution in [0.4, 0.5) is 0 Å². The molecule has 27 heavy (non-hydrogen) atoms. The summed E-state index contributed by atoms with van der Waals surface area (Å²) in [5.41, 5.74) is 3.20. The number of aromatic nitrogens is 1. The molecule has 1 N–H and O–H groups in total. The number of fused-ring (bicyclic) bond motifs is 7. The molecule has 1 aromatic heterocycles. The predicted octanol–water partition coefficient (Wildman–Crippen LogP) is 4.83. The summed E-state index contributed by atoms with van der Waals surface area (Å²) in [5.74, 6) is 2.38. The normalized spacial score (nSPS) is 23.6. The monoisotopic (exact) mass is 385 g/mol. The summed E-state index contributed by atoms with van der Waals surface area (Å²) in [7, 11) is 3.33. The van der Waals surface area contributed by atoms with Gasteiger partial charge in [0.25, 0.3) is 0 Å². The van der Waals surface area contributed by atoms with Gasteiger partial charge in [-0.2, -0.15) is 0 Å². The maximum atomic E-state index is 11.2. The number of hydrogen-bond donors (Lipinski definition) is 1. The Balaban J connectivity index is 0.00000180. The average Bonchev–Trinajstić information content (AvgIpc) is 3.16. The second-order valence-corrected chi connectivity index (χ2v) is 7.55. The molecule has 3 aromatic rings. The van der Waals surface area contributed by atoms with Crippen molar-refractivity contribution in [3.05, 3.63) is 41.6 Å². The zero-order valence-corrected chi connectivity index (χ0v) is 16.4. The van der Waals surface area contributed by atoms with Crippen molar-refractivity contribution in [3.8, 4) is 11.5 Å². The first-order valence-corrected chi connectivity index (χ1v) is 9.36. The van der Waals surface area contributed by atoms with Crippen molar-refractivity contribution < 1.29 is 14.6 Å². The van der Waals surface area contributed by atoms with Crippen LogP contribution in [0.2, 0.25) is 0 Å². The van der Waals surface area contributed by atoms with E-state index in [1.54, 1.807) is 14.2 Å². The standard InChI is InChI=1S/C22H23NO3.ClH/c1-25-18-10-15-14-7-4-8-23-21(14)20-17(16(15)11-19(18)26-2)9-12-5-3-6-13(12)22(20)24;/h4,7-8,10-13,22,24H,3,5-6,9H2,1-2H3;1H/t12?,13-,22-;/m0./s1. The second-order valence-electron chi connectivity index (χ2n) is 7.55. The molecule has 0 aliphatic heterocycles. The van der Waals surface area contributed by atoms with E-state index >= 15 is 0 Å². The van der Waals surface area contributed by atoms with Gasteiger partial charge in [-0.15, -0.1) is 12.4 Å². The molecule has 0 spiro atoms. The number of rotatable bonds is 2. The first kappa shape index (κ1) is 18.3. The Hall–Kier alpha value is -2.04. The summed E-state index contributed by atoms with van der Waals surface area (Å²) in [6.07, 6.45) is 5.93. The van der Waals surface area contributed by atoms with Crippen molar-refractivity contribution in [2.75, 3.05) is 14.2 Å². The van der Waals surface area contributed by atoms with Crippen LogP contribution in [0, 0.1) is 11.8 Å². The van der Waals surface area contributed by atoms with Crippen molar-refractivity contribution >= 4 is 34.1 Å². The van der Waals surface area contributed by atoms with Gasteiger partial charge in [0.15, 0.2) is 11.5 Å². The first-order chi connectivity index (χ1) is 12.7. The molecule has 3 atom stereocenters. The van der Waals surface area contributed by atoms with E-state index in [4.69, 9.17) is 9.47 Å². The summed E-state index contributed by atoms with van der Waals surface area (Å²) < 4.78 is 11.1. The van der Waals surface area contributed by atoms with E-state index < -0.39 is 6.10 Å². The Labute approximate surface area is 164 Å². The smallest absolute Gasteiger partial charge is 0.161 e. The molecule has 4 nitrogen and oxygen atoms in total. The Morgan fingerprint density at radius 1 is 1.04 bits per heavy atom. The SMILES string of the molecule is COc1cc2c3c(c4ncccc4c2cc1OC)[C@@H](O)[C@H]1CCCC1C3.Cl. The van der Waals surface area contributed by atoms with Crippen LogP contribution < -0.4 is 9.47 Å². The van der Waals surface area contributed by atoms with E-state index in [1.807, 2.05) is 18.3 Å². The molecule has 0 amide bonds. The van der Waals surface area contributed by atoms with Crippen LogP contribution in [0.1, 0.15) is 36.5 Å². The van der Waals surface area contributed by atoms with Gasteiger partial charge in [0.1, 0.15) is 0 Å². The lowest BCUT2D eigenvalue weighted by atomic mass is 9.73. The number of aliphatic hydroxyl groups excluding tert-OH is 1. The lowest BCUT2D eigenvalue weighted by Gasteiger charge is -2.34. The number of nitrogens with zero attached hydrogens (tertiary/aromatic N) is 1. The fraction of sp³-hybridized carbons (Fsp3) is 0.409. The summed E-state index contributed by atoms with van der Waals surface area (Å²) >= 11 is 0. The molecule has 1 heterocycles. The molecule has 1 unspecified atom stereocenters. The molecule has 0 radical (unpaired) electrons. The molecule has 0 bridgehead atoms. The molecule has 2 aliphatic rings. The van der Waals surface area contributed by atoms with Crippen LogP contribution in [0.5, 0.6) is 11.5 Å². The van der Waals surface area contributed by atoms with E-state index in [1.165, 1.54) is 18.4 Å². The Morgan fingerprint density at radius 2 is 1.78 bits per heavy atom.